The number of aromatic carboxylic acids is 1. The molecular weight excluding hydrogens is 237 g/mol. The van der Waals surface area contributed by atoms with E-state index in [4.69, 9.17) is 9.84 Å². The Kier molecular flexibility index (Phi) is 3.93. The first-order chi connectivity index (χ1) is 8.56. The summed E-state index contributed by atoms with van der Waals surface area (Å²) >= 11 is 0. The number of ether oxygens (including phenoxy) is 1. The van der Waals surface area contributed by atoms with Gasteiger partial charge in [0.15, 0.2) is 0 Å². The summed E-state index contributed by atoms with van der Waals surface area (Å²) in [5, 5.41) is 8.89. The van der Waals surface area contributed by atoms with Crippen LogP contribution in [0.2, 0.25) is 0 Å². The Morgan fingerprint density at radius 1 is 1.56 bits per heavy atom. The minimum Gasteiger partial charge on any atom is -0.478 e. The van der Waals surface area contributed by atoms with E-state index in [1.807, 2.05) is 6.92 Å². The molecule has 0 aromatic heterocycles. The molecule has 0 spiro atoms. The van der Waals surface area contributed by atoms with Crippen LogP contribution in [0.5, 0.6) is 0 Å². The summed E-state index contributed by atoms with van der Waals surface area (Å²) in [5.41, 5.74) is 0.673. The van der Waals surface area contributed by atoms with Crippen LogP contribution in [-0.2, 0) is 11.3 Å². The average molecular weight is 253 g/mol. The van der Waals surface area contributed by atoms with Crippen molar-refractivity contribution in [2.24, 2.45) is 0 Å². The summed E-state index contributed by atoms with van der Waals surface area (Å²) < 4.78 is 18.7. The van der Waals surface area contributed by atoms with Crippen molar-refractivity contribution in [3.8, 4) is 0 Å². The van der Waals surface area contributed by atoms with Crippen LogP contribution in [0.1, 0.15) is 22.8 Å². The molecule has 1 aliphatic rings. The van der Waals surface area contributed by atoms with Gasteiger partial charge in [0.2, 0.25) is 0 Å². The first-order valence-electron chi connectivity index (χ1n) is 5.91. The summed E-state index contributed by atoms with van der Waals surface area (Å²) in [5.74, 6) is -1.61. The molecule has 5 heteroatoms. The van der Waals surface area contributed by atoms with Crippen LogP contribution in [-0.4, -0.2) is 41.8 Å². The quantitative estimate of drug-likeness (QED) is 0.891. The van der Waals surface area contributed by atoms with Gasteiger partial charge in [0.25, 0.3) is 0 Å². The third kappa shape index (κ3) is 3.05. The van der Waals surface area contributed by atoms with Crippen molar-refractivity contribution in [2.45, 2.75) is 19.5 Å². The Morgan fingerprint density at radius 3 is 3.00 bits per heavy atom. The van der Waals surface area contributed by atoms with Crippen molar-refractivity contribution < 1.29 is 19.0 Å². The van der Waals surface area contributed by atoms with Crippen LogP contribution in [0.15, 0.2) is 18.2 Å². The van der Waals surface area contributed by atoms with Gasteiger partial charge in [-0.2, -0.15) is 0 Å². The number of carboxylic acids is 1. The first kappa shape index (κ1) is 13.0. The summed E-state index contributed by atoms with van der Waals surface area (Å²) in [7, 11) is 0. The Bertz CT molecular complexity index is 450. The Hall–Kier alpha value is -1.46. The second-order valence-electron chi connectivity index (χ2n) is 4.55. The first-order valence-corrected chi connectivity index (χ1v) is 5.91. The van der Waals surface area contributed by atoms with Crippen LogP contribution in [0.4, 0.5) is 4.39 Å². The Morgan fingerprint density at radius 2 is 2.33 bits per heavy atom. The summed E-state index contributed by atoms with van der Waals surface area (Å²) in [6.45, 7) is 4.67. The maximum Gasteiger partial charge on any atom is 0.335 e. The maximum absolute atomic E-state index is 13.3. The van der Waals surface area contributed by atoms with E-state index in [1.54, 1.807) is 0 Å². The number of rotatable bonds is 3. The largest absolute Gasteiger partial charge is 0.478 e. The molecule has 18 heavy (non-hydrogen) atoms. The van der Waals surface area contributed by atoms with Gasteiger partial charge in [-0.3, -0.25) is 4.90 Å². The van der Waals surface area contributed by atoms with Crippen molar-refractivity contribution >= 4 is 5.97 Å². The number of morpholine rings is 1. The molecule has 1 N–H and O–H groups in total. The van der Waals surface area contributed by atoms with E-state index in [0.29, 0.717) is 25.3 Å². The summed E-state index contributed by atoms with van der Waals surface area (Å²) in [6.07, 6.45) is 0. The average Bonchev–Trinajstić information content (AvgIpc) is 2.31. The topological polar surface area (TPSA) is 49.8 Å². The summed E-state index contributed by atoms with van der Waals surface area (Å²) in [4.78, 5) is 13.0. The van der Waals surface area contributed by atoms with E-state index in [1.165, 1.54) is 12.1 Å². The van der Waals surface area contributed by atoms with E-state index in [2.05, 4.69) is 4.90 Å². The number of carbonyl (C=O) groups is 1. The molecule has 1 aliphatic heterocycles. The lowest BCUT2D eigenvalue weighted by molar-refractivity contribution is -0.00441. The number of halogens is 1. The molecule has 2 rings (SSSR count). The molecule has 0 aliphatic carbocycles. The molecule has 1 heterocycles. The Balaban J connectivity index is 2.15. The molecule has 1 atom stereocenters. The molecule has 1 fully saturated rings. The molecule has 0 radical (unpaired) electrons. The normalized spacial score (nSPS) is 20.9. The van der Waals surface area contributed by atoms with Crippen molar-refractivity contribution in [3.05, 3.63) is 35.1 Å². The second-order valence-corrected chi connectivity index (χ2v) is 4.55. The fraction of sp³-hybridized carbons (Fsp3) is 0.462. The molecule has 0 saturated carbocycles. The number of hydrogen-bond donors (Lipinski definition) is 1. The fourth-order valence-electron chi connectivity index (χ4n) is 2.10. The molecule has 1 aromatic rings. The highest BCUT2D eigenvalue weighted by atomic mass is 19.1. The van der Waals surface area contributed by atoms with Gasteiger partial charge in [-0.25, -0.2) is 9.18 Å². The molecule has 4 nitrogen and oxygen atoms in total. The zero-order valence-corrected chi connectivity index (χ0v) is 10.2. The molecule has 1 unspecified atom stereocenters. The number of nitrogens with zero attached hydrogens (tertiary/aromatic N) is 1. The number of benzene rings is 1. The minimum absolute atomic E-state index is 0.00841. The highest BCUT2D eigenvalue weighted by Crippen LogP contribution is 2.15. The lowest BCUT2D eigenvalue weighted by atomic mass is 10.1. The zero-order chi connectivity index (χ0) is 13.1. The van der Waals surface area contributed by atoms with Gasteiger partial charge in [0, 0.05) is 19.1 Å². The highest BCUT2D eigenvalue weighted by molar-refractivity contribution is 5.87. The van der Waals surface area contributed by atoms with Gasteiger partial charge in [0.05, 0.1) is 18.8 Å². The number of carboxylic acid groups (broad SMARTS) is 1. The predicted molar refractivity (Wildman–Crippen MR) is 64.1 cm³/mol. The monoisotopic (exact) mass is 253 g/mol. The lowest BCUT2D eigenvalue weighted by Crippen LogP contribution is -2.42. The van der Waals surface area contributed by atoms with Gasteiger partial charge in [-0.05, 0) is 30.7 Å². The van der Waals surface area contributed by atoms with Crippen LogP contribution in [0, 0.1) is 5.82 Å². The van der Waals surface area contributed by atoms with Gasteiger partial charge in [0.1, 0.15) is 5.82 Å². The highest BCUT2D eigenvalue weighted by Gasteiger charge is 2.19. The van der Waals surface area contributed by atoms with E-state index in [9.17, 15) is 9.18 Å². The van der Waals surface area contributed by atoms with E-state index < -0.39 is 11.8 Å². The second kappa shape index (κ2) is 5.46. The van der Waals surface area contributed by atoms with Crippen LogP contribution in [0.3, 0.4) is 0 Å². The van der Waals surface area contributed by atoms with Crippen molar-refractivity contribution in [3.63, 3.8) is 0 Å². The zero-order valence-electron chi connectivity index (χ0n) is 10.2. The SMILES string of the molecule is CC1COCCN1Cc1cc(F)cc(C(=O)O)c1. The van der Waals surface area contributed by atoms with Gasteiger partial charge < -0.3 is 9.84 Å². The molecule has 0 amide bonds. The lowest BCUT2D eigenvalue weighted by Gasteiger charge is -2.33. The smallest absolute Gasteiger partial charge is 0.335 e. The van der Waals surface area contributed by atoms with Gasteiger partial charge in [-0.1, -0.05) is 0 Å². The predicted octanol–water partition coefficient (Wildman–Crippen LogP) is 1.74. The van der Waals surface area contributed by atoms with E-state index >= 15 is 0 Å². The van der Waals surface area contributed by atoms with Crippen LogP contribution in [0.25, 0.3) is 0 Å². The molecular formula is C13H16FNO3. The Labute approximate surface area is 105 Å². The van der Waals surface area contributed by atoms with Crippen LogP contribution < -0.4 is 0 Å². The maximum atomic E-state index is 13.3. The van der Waals surface area contributed by atoms with Crippen molar-refractivity contribution in [2.75, 3.05) is 19.8 Å². The fourth-order valence-corrected chi connectivity index (χ4v) is 2.10. The molecule has 1 saturated heterocycles. The van der Waals surface area contributed by atoms with Crippen LogP contribution >= 0.6 is 0 Å². The third-order valence-corrected chi connectivity index (χ3v) is 3.10. The van der Waals surface area contributed by atoms with Gasteiger partial charge >= 0.3 is 5.97 Å². The van der Waals surface area contributed by atoms with Crippen molar-refractivity contribution in [1.29, 1.82) is 0 Å². The van der Waals surface area contributed by atoms with E-state index in [-0.39, 0.29) is 11.6 Å². The van der Waals surface area contributed by atoms with Gasteiger partial charge in [-0.15, -0.1) is 0 Å². The third-order valence-electron chi connectivity index (χ3n) is 3.10. The van der Waals surface area contributed by atoms with E-state index in [0.717, 1.165) is 12.6 Å². The summed E-state index contributed by atoms with van der Waals surface area (Å²) in [6, 6.07) is 4.20. The number of hydrogen-bond acceptors (Lipinski definition) is 3. The molecule has 0 bridgehead atoms. The molecule has 1 aromatic carbocycles. The molecule has 98 valence electrons. The minimum atomic E-state index is -1.11. The van der Waals surface area contributed by atoms with Crippen molar-refractivity contribution in [1.82, 2.24) is 4.90 Å². The standard InChI is InChI=1S/C13H16FNO3/c1-9-8-18-3-2-15(9)7-10-4-11(13(16)17)6-12(14)5-10/h4-6,9H,2-3,7-8H2,1H3,(H,16,17).